The van der Waals surface area contributed by atoms with Crippen LogP contribution in [-0.2, 0) is 27.2 Å². The maximum Gasteiger partial charge on any atom is 0.243 e. The van der Waals surface area contributed by atoms with Gasteiger partial charge in [-0.2, -0.15) is 0 Å². The highest BCUT2D eigenvalue weighted by Crippen LogP contribution is 2.33. The van der Waals surface area contributed by atoms with Gasteiger partial charge in [0.1, 0.15) is 17.9 Å². The molecule has 0 spiro atoms. The van der Waals surface area contributed by atoms with Crippen LogP contribution in [0.4, 0.5) is 0 Å². The third kappa shape index (κ3) is 12.7. The number of nitrogens with zero attached hydrogens (tertiary/aromatic N) is 1. The second-order valence-corrected chi connectivity index (χ2v) is 14.8. The minimum absolute atomic E-state index is 0.000783. The fourth-order valence-corrected chi connectivity index (χ4v) is 7.71. The Kier molecular flexibility index (Phi) is 15.9. The number of carbonyl (C=O) groups excluding carboxylic acids is 3. The lowest BCUT2D eigenvalue weighted by molar-refractivity contribution is -0.135. The second-order valence-electron chi connectivity index (χ2n) is 14.0. The van der Waals surface area contributed by atoms with Crippen molar-refractivity contribution >= 4 is 52.7 Å². The van der Waals surface area contributed by atoms with E-state index in [0.29, 0.717) is 54.4 Å². The van der Waals surface area contributed by atoms with E-state index >= 15 is 0 Å². The zero-order chi connectivity index (χ0) is 36.8. The Morgan fingerprint density at radius 1 is 0.784 bits per heavy atom. The van der Waals surface area contributed by atoms with Crippen molar-refractivity contribution in [2.75, 3.05) is 13.1 Å². The fourth-order valence-electron chi connectivity index (χ4n) is 7.39. The molecule has 0 saturated heterocycles. The van der Waals surface area contributed by atoms with Crippen LogP contribution in [0.2, 0.25) is 10.0 Å². The van der Waals surface area contributed by atoms with Crippen LogP contribution in [0.5, 0.6) is 0 Å². The Morgan fingerprint density at radius 3 is 2.02 bits per heavy atom. The molecule has 51 heavy (non-hydrogen) atoms. The molecule has 4 rings (SSSR count). The van der Waals surface area contributed by atoms with Crippen molar-refractivity contribution in [3.05, 3.63) is 69.2 Å². The number of amides is 3. The highest BCUT2D eigenvalue weighted by molar-refractivity contribution is 6.42. The van der Waals surface area contributed by atoms with Crippen LogP contribution in [-0.4, -0.2) is 54.7 Å². The van der Waals surface area contributed by atoms with Crippen molar-refractivity contribution in [3.63, 3.8) is 0 Å². The molecule has 11 nitrogen and oxygen atoms in total. The van der Waals surface area contributed by atoms with Crippen LogP contribution in [0.3, 0.4) is 0 Å². The van der Waals surface area contributed by atoms with Gasteiger partial charge in [0.05, 0.1) is 10.0 Å². The average Bonchev–Trinajstić information content (AvgIpc) is 3.12. The van der Waals surface area contributed by atoms with Gasteiger partial charge >= 0.3 is 0 Å². The van der Waals surface area contributed by atoms with Crippen LogP contribution in [0.25, 0.3) is 0 Å². The molecule has 10 N–H and O–H groups in total. The summed E-state index contributed by atoms with van der Waals surface area (Å²) in [5.41, 5.74) is 19.2. The number of rotatable bonds is 17. The molecule has 2 aliphatic rings. The molecule has 2 aliphatic carbocycles. The highest BCUT2D eigenvalue weighted by Gasteiger charge is 2.37. The first kappa shape index (κ1) is 39.9. The van der Waals surface area contributed by atoms with Crippen molar-refractivity contribution in [1.29, 1.82) is 5.41 Å². The van der Waals surface area contributed by atoms with Gasteiger partial charge in [-0.15, -0.1) is 0 Å². The Morgan fingerprint density at radius 2 is 1.41 bits per heavy atom. The number of hydrogen-bond donors (Lipinski definition) is 7. The molecule has 0 bridgehead atoms. The van der Waals surface area contributed by atoms with E-state index in [2.05, 4.69) is 20.9 Å². The Labute approximate surface area is 311 Å². The van der Waals surface area contributed by atoms with Crippen molar-refractivity contribution < 1.29 is 14.4 Å². The van der Waals surface area contributed by atoms with E-state index in [-0.39, 0.29) is 47.3 Å². The summed E-state index contributed by atoms with van der Waals surface area (Å²) < 4.78 is 0. The molecule has 278 valence electrons. The number of nitrogens with two attached hydrogens (primary N) is 3. The number of amidine groups is 1. The quantitative estimate of drug-likeness (QED) is 0.0677. The maximum atomic E-state index is 14.3. The molecule has 3 atom stereocenters. The van der Waals surface area contributed by atoms with Crippen molar-refractivity contribution in [2.45, 2.75) is 102 Å². The molecule has 0 heterocycles. The number of halogens is 2. The first-order valence-electron chi connectivity index (χ1n) is 18.3. The number of nitrogen functional groups attached to an aromatic ring is 1. The van der Waals surface area contributed by atoms with Gasteiger partial charge in [-0.25, -0.2) is 0 Å². The smallest absolute Gasteiger partial charge is 0.243 e. The lowest BCUT2D eigenvalue weighted by Crippen LogP contribution is -2.57. The van der Waals surface area contributed by atoms with Gasteiger partial charge in [-0.05, 0) is 86.5 Å². The summed E-state index contributed by atoms with van der Waals surface area (Å²) in [4.78, 5) is 46.1. The molecular formula is C38H54Cl2N8O3. The first-order chi connectivity index (χ1) is 24.5. The fraction of sp³-hybridized carbons (Fsp3) is 0.553. The number of guanidine groups is 1. The number of aliphatic imine (C=N–C) groups is 1. The Bertz CT molecular complexity index is 1500. The minimum atomic E-state index is -0.850. The van der Waals surface area contributed by atoms with E-state index in [1.165, 1.54) is 0 Å². The Hall–Kier alpha value is -3.83. The number of benzene rings is 2. The van der Waals surface area contributed by atoms with E-state index in [9.17, 15) is 14.4 Å². The molecule has 0 radical (unpaired) electrons. The van der Waals surface area contributed by atoms with Crippen LogP contribution >= 0.6 is 23.2 Å². The van der Waals surface area contributed by atoms with Crippen LogP contribution in [0.15, 0.2) is 47.5 Å². The lowest BCUT2D eigenvalue weighted by Gasteiger charge is -2.34. The monoisotopic (exact) mass is 740 g/mol. The average molecular weight is 742 g/mol. The first-order valence-corrected chi connectivity index (χ1v) is 19.1. The minimum Gasteiger partial charge on any atom is -0.384 e. The second kappa shape index (κ2) is 20.3. The summed E-state index contributed by atoms with van der Waals surface area (Å²) in [7, 11) is 0. The normalized spacial score (nSPS) is 17.1. The van der Waals surface area contributed by atoms with Gasteiger partial charge in [-0.1, -0.05) is 92.1 Å². The van der Waals surface area contributed by atoms with Crippen molar-refractivity contribution in [1.82, 2.24) is 16.0 Å². The molecule has 2 saturated carbocycles. The van der Waals surface area contributed by atoms with Gasteiger partial charge < -0.3 is 33.2 Å². The van der Waals surface area contributed by atoms with E-state index in [0.717, 1.165) is 75.3 Å². The predicted molar refractivity (Wildman–Crippen MR) is 205 cm³/mol. The number of hydrogen-bond acceptors (Lipinski definition) is 5. The van der Waals surface area contributed by atoms with Gasteiger partial charge in [0.2, 0.25) is 17.7 Å². The van der Waals surface area contributed by atoms with Crippen molar-refractivity contribution in [2.24, 2.45) is 39.9 Å². The van der Waals surface area contributed by atoms with E-state index < -0.39 is 12.1 Å². The number of nitrogens with one attached hydrogen (secondary N) is 4. The zero-order valence-electron chi connectivity index (χ0n) is 29.4. The molecule has 3 amide bonds. The third-order valence-corrected chi connectivity index (χ3v) is 11.0. The molecule has 0 aromatic heterocycles. The zero-order valence-corrected chi connectivity index (χ0v) is 30.9. The topological polar surface area (TPSA) is 202 Å². The SMILES string of the molecule is N=C(N)c1ccc(CC(C(=O)NC(C(=O)N[C@@H](CCCN=C(N)N)C(=O)NCCc2ccc(Cl)c(Cl)c2)C2CCCCC2)C2CCCCC2)cc1. The molecule has 2 unspecified atom stereocenters. The highest BCUT2D eigenvalue weighted by atomic mass is 35.5. The van der Waals surface area contributed by atoms with E-state index in [1.807, 2.05) is 30.3 Å². The van der Waals surface area contributed by atoms with Gasteiger partial charge in [0.25, 0.3) is 0 Å². The summed E-state index contributed by atoms with van der Waals surface area (Å²) in [6.45, 7) is 0.640. The van der Waals surface area contributed by atoms with Crippen molar-refractivity contribution in [3.8, 4) is 0 Å². The summed E-state index contributed by atoms with van der Waals surface area (Å²) in [5, 5.41) is 17.8. The van der Waals surface area contributed by atoms with E-state index in [4.69, 9.17) is 45.8 Å². The summed E-state index contributed by atoms with van der Waals surface area (Å²) >= 11 is 12.2. The predicted octanol–water partition coefficient (Wildman–Crippen LogP) is 4.98. The molecule has 0 aliphatic heterocycles. The summed E-state index contributed by atoms with van der Waals surface area (Å²) in [6, 6.07) is 11.2. The lowest BCUT2D eigenvalue weighted by atomic mass is 9.76. The largest absolute Gasteiger partial charge is 0.384 e. The molecule has 2 aromatic carbocycles. The van der Waals surface area contributed by atoms with Gasteiger partial charge in [0, 0.05) is 24.6 Å². The maximum absolute atomic E-state index is 14.3. The summed E-state index contributed by atoms with van der Waals surface area (Å²) in [6.07, 6.45) is 11.8. The molecule has 13 heteroatoms. The number of carbonyl (C=O) groups is 3. The van der Waals surface area contributed by atoms with E-state index in [1.54, 1.807) is 12.1 Å². The third-order valence-electron chi connectivity index (χ3n) is 10.3. The van der Waals surface area contributed by atoms with Crippen LogP contribution < -0.4 is 33.2 Å². The standard InChI is InChI=1S/C38H54Cl2N8O3/c39-30-18-15-25(23-31(30)40)19-21-45-36(50)32(12-7-20-46-38(43)44)47-37(51)33(27-10-5-2-6-11-27)48-35(49)29(26-8-3-1-4-9-26)22-24-13-16-28(17-14-24)34(41)42/h13-18,23,26-27,29,32-33H,1-12,19-22H2,(H3,41,42)(H,45,50)(H,47,51)(H,48,49)(H4,43,44,46)/t29?,32-,33?/m0/s1. The summed E-state index contributed by atoms with van der Waals surface area (Å²) in [5.74, 6) is -0.990. The molecule has 2 fully saturated rings. The molecular weight excluding hydrogens is 687 g/mol. The van der Waals surface area contributed by atoms with Crippen LogP contribution in [0, 0.1) is 23.2 Å². The van der Waals surface area contributed by atoms with Gasteiger partial charge in [-0.3, -0.25) is 24.8 Å². The van der Waals surface area contributed by atoms with Crippen LogP contribution in [0.1, 0.15) is 93.7 Å². The van der Waals surface area contributed by atoms with Gasteiger partial charge in [0.15, 0.2) is 5.96 Å². The molecule has 2 aromatic rings. The Balaban J connectivity index is 1.50.